The van der Waals surface area contributed by atoms with Gasteiger partial charge in [0.05, 0.1) is 17.6 Å². The van der Waals surface area contributed by atoms with Crippen LogP contribution in [0.3, 0.4) is 0 Å². The average molecular weight is 494 g/mol. The van der Waals surface area contributed by atoms with Crippen LogP contribution >= 0.6 is 11.6 Å². The largest absolute Gasteiger partial charge is 0.481 e. The minimum absolute atomic E-state index is 0.0424. The first-order chi connectivity index (χ1) is 16.9. The number of carbonyl (C=O) groups is 1. The second kappa shape index (κ2) is 9.03. The molecular formula is C23H17ClFN7O3. The fourth-order valence-electron chi connectivity index (χ4n) is 3.41. The Labute approximate surface area is 201 Å². The Morgan fingerprint density at radius 3 is 2.71 bits per heavy atom. The number of aryl methyl sites for hydroxylation is 1. The third-order valence-corrected chi connectivity index (χ3v) is 5.24. The van der Waals surface area contributed by atoms with E-state index >= 15 is 0 Å². The number of aromatic amines is 1. The molecule has 0 spiro atoms. The lowest BCUT2D eigenvalue weighted by molar-refractivity contribution is -0.118. The van der Waals surface area contributed by atoms with Crippen LogP contribution in [0.2, 0.25) is 5.02 Å². The van der Waals surface area contributed by atoms with Crippen LogP contribution in [0.1, 0.15) is 5.69 Å². The van der Waals surface area contributed by atoms with Crippen molar-refractivity contribution >= 4 is 34.4 Å². The van der Waals surface area contributed by atoms with E-state index in [1.807, 2.05) is 0 Å². The number of anilines is 1. The van der Waals surface area contributed by atoms with E-state index in [1.165, 1.54) is 33.8 Å². The zero-order valence-corrected chi connectivity index (χ0v) is 19.0. The second-order valence-electron chi connectivity index (χ2n) is 7.51. The number of nitrogens with zero attached hydrogens (tertiary/aromatic N) is 5. The van der Waals surface area contributed by atoms with Gasteiger partial charge in [0.25, 0.3) is 11.5 Å². The molecule has 3 heterocycles. The summed E-state index contributed by atoms with van der Waals surface area (Å²) >= 11 is 5.97. The zero-order valence-electron chi connectivity index (χ0n) is 18.2. The molecule has 1 amide bonds. The maximum Gasteiger partial charge on any atom is 0.263 e. The van der Waals surface area contributed by atoms with Crippen molar-refractivity contribution in [3.63, 3.8) is 0 Å². The molecule has 0 fully saturated rings. The monoisotopic (exact) mass is 493 g/mol. The van der Waals surface area contributed by atoms with Crippen LogP contribution in [0, 0.1) is 12.7 Å². The molecule has 5 aromatic rings. The lowest BCUT2D eigenvalue weighted by Crippen LogP contribution is -2.23. The van der Waals surface area contributed by atoms with Crippen LogP contribution in [0.25, 0.3) is 22.7 Å². The lowest BCUT2D eigenvalue weighted by atomic mass is 10.3. The summed E-state index contributed by atoms with van der Waals surface area (Å²) in [5.41, 5.74) is 1.08. The van der Waals surface area contributed by atoms with Gasteiger partial charge in [-0.2, -0.15) is 19.9 Å². The third-order valence-electron chi connectivity index (χ3n) is 4.99. The molecule has 0 aliphatic carbocycles. The average Bonchev–Trinajstić information content (AvgIpc) is 3.42. The van der Waals surface area contributed by atoms with Crippen molar-refractivity contribution in [1.29, 1.82) is 0 Å². The minimum atomic E-state index is -0.575. The lowest BCUT2D eigenvalue weighted by Gasteiger charge is -2.10. The number of fused-ring (bicyclic) bond motifs is 1. The molecule has 0 atom stereocenters. The number of hydrogen-bond acceptors (Lipinski definition) is 6. The first-order valence-corrected chi connectivity index (χ1v) is 10.7. The van der Waals surface area contributed by atoms with E-state index in [1.54, 1.807) is 43.3 Å². The van der Waals surface area contributed by atoms with Gasteiger partial charge in [0.1, 0.15) is 11.2 Å². The first-order valence-electron chi connectivity index (χ1n) is 10.4. The summed E-state index contributed by atoms with van der Waals surface area (Å²) in [5, 5.41) is 12.1. The Bertz CT molecular complexity index is 1610. The van der Waals surface area contributed by atoms with E-state index < -0.39 is 23.9 Å². The van der Waals surface area contributed by atoms with Gasteiger partial charge < -0.3 is 10.1 Å². The van der Waals surface area contributed by atoms with E-state index in [4.69, 9.17) is 16.3 Å². The molecule has 0 bridgehead atoms. The normalized spacial score (nSPS) is 11.1. The highest BCUT2D eigenvalue weighted by molar-refractivity contribution is 6.30. The molecule has 0 unspecified atom stereocenters. The fourth-order valence-corrected chi connectivity index (χ4v) is 3.54. The number of para-hydroxylation sites is 1. The summed E-state index contributed by atoms with van der Waals surface area (Å²) in [6, 6.07) is 14.3. The van der Waals surface area contributed by atoms with E-state index in [0.717, 1.165) is 0 Å². The van der Waals surface area contributed by atoms with Crippen molar-refractivity contribution in [3.8, 4) is 17.4 Å². The van der Waals surface area contributed by atoms with Crippen LogP contribution < -0.4 is 15.6 Å². The van der Waals surface area contributed by atoms with Crippen LogP contribution in [0.15, 0.2) is 65.6 Å². The molecule has 3 aromatic heterocycles. The number of aromatic nitrogens is 6. The number of halogens is 2. The highest BCUT2D eigenvalue weighted by Crippen LogP contribution is 2.20. The Kier molecular flexibility index (Phi) is 5.75. The maximum absolute atomic E-state index is 13.7. The van der Waals surface area contributed by atoms with Crippen molar-refractivity contribution in [3.05, 3.63) is 87.7 Å². The molecule has 2 N–H and O–H groups in total. The van der Waals surface area contributed by atoms with Crippen LogP contribution in [-0.2, 0) is 4.79 Å². The molecule has 35 heavy (non-hydrogen) atoms. The number of benzene rings is 2. The molecule has 0 saturated carbocycles. The number of amides is 1. The predicted octanol–water partition coefficient (Wildman–Crippen LogP) is 3.41. The first kappa shape index (κ1) is 22.3. The standard InChI is InChI=1S/C23H17ClFN7O3/c1-13-10-19(27-20(33)12-35-18-5-3-2-4-17(18)25)32(30-13)23-28-21-16(22(34)29-23)11-26-31(21)15-8-6-14(24)7-9-15/h2-11H,12H2,1H3,(H,27,33)(H,28,29,34). The van der Waals surface area contributed by atoms with Gasteiger partial charge in [-0.15, -0.1) is 0 Å². The molecule has 0 aliphatic heterocycles. The smallest absolute Gasteiger partial charge is 0.263 e. The maximum atomic E-state index is 13.7. The van der Waals surface area contributed by atoms with E-state index in [9.17, 15) is 14.0 Å². The molecular weight excluding hydrogens is 477 g/mol. The summed E-state index contributed by atoms with van der Waals surface area (Å²) < 4.78 is 21.8. The van der Waals surface area contributed by atoms with Gasteiger partial charge in [-0.3, -0.25) is 14.6 Å². The van der Waals surface area contributed by atoms with E-state index in [-0.39, 0.29) is 22.9 Å². The number of ether oxygens (including phenoxy) is 1. The highest BCUT2D eigenvalue weighted by Gasteiger charge is 2.17. The Morgan fingerprint density at radius 2 is 1.94 bits per heavy atom. The van der Waals surface area contributed by atoms with Gasteiger partial charge in [0, 0.05) is 11.1 Å². The Hall–Kier alpha value is -4.51. The highest BCUT2D eigenvalue weighted by atomic mass is 35.5. The molecule has 0 saturated heterocycles. The topological polar surface area (TPSA) is 120 Å². The fraction of sp³-hybridized carbons (Fsp3) is 0.0870. The second-order valence-corrected chi connectivity index (χ2v) is 7.95. The summed E-state index contributed by atoms with van der Waals surface area (Å²) in [4.78, 5) is 32.4. The number of rotatable bonds is 6. The van der Waals surface area contributed by atoms with Gasteiger partial charge in [0.2, 0.25) is 5.95 Å². The van der Waals surface area contributed by atoms with Crippen LogP contribution in [0.4, 0.5) is 10.2 Å². The summed E-state index contributed by atoms with van der Waals surface area (Å²) in [5.74, 6) is -0.863. The van der Waals surface area contributed by atoms with Crippen molar-refractivity contribution in [2.24, 2.45) is 0 Å². The number of hydrogen-bond donors (Lipinski definition) is 2. The van der Waals surface area contributed by atoms with Crippen LogP contribution in [0.5, 0.6) is 5.75 Å². The quantitative estimate of drug-likeness (QED) is 0.374. The third kappa shape index (κ3) is 4.49. The molecule has 176 valence electrons. The minimum Gasteiger partial charge on any atom is -0.481 e. The summed E-state index contributed by atoms with van der Waals surface area (Å²) in [7, 11) is 0. The number of carbonyl (C=O) groups excluding carboxylic acids is 1. The van der Waals surface area contributed by atoms with Gasteiger partial charge in [-0.05, 0) is 43.3 Å². The van der Waals surface area contributed by atoms with Crippen LogP contribution in [-0.4, -0.2) is 42.0 Å². The molecule has 5 rings (SSSR count). The molecule has 2 aromatic carbocycles. The molecule has 12 heteroatoms. The Morgan fingerprint density at radius 1 is 1.17 bits per heavy atom. The van der Waals surface area contributed by atoms with Gasteiger partial charge in [-0.1, -0.05) is 23.7 Å². The van der Waals surface area contributed by atoms with Crippen molar-refractivity contribution in [1.82, 2.24) is 29.5 Å². The van der Waals surface area contributed by atoms with Gasteiger partial charge in [-0.25, -0.2) is 9.07 Å². The summed E-state index contributed by atoms with van der Waals surface area (Å²) in [6.45, 7) is 1.29. The molecule has 10 nitrogen and oxygen atoms in total. The van der Waals surface area contributed by atoms with Crippen molar-refractivity contribution in [2.75, 3.05) is 11.9 Å². The SMILES string of the molecule is Cc1cc(NC(=O)COc2ccccc2F)n(-c2nc3c(cnn3-c3ccc(Cl)cc3)c(=O)[nH]2)n1. The van der Waals surface area contributed by atoms with E-state index in [2.05, 4.69) is 25.5 Å². The van der Waals surface area contributed by atoms with Gasteiger partial charge in [0.15, 0.2) is 23.8 Å². The van der Waals surface area contributed by atoms with Crippen molar-refractivity contribution in [2.45, 2.75) is 6.92 Å². The van der Waals surface area contributed by atoms with E-state index in [0.29, 0.717) is 22.1 Å². The molecule has 0 aliphatic rings. The van der Waals surface area contributed by atoms with Crippen molar-refractivity contribution < 1.29 is 13.9 Å². The molecule has 0 radical (unpaired) electrons. The number of nitrogens with one attached hydrogen (secondary N) is 2. The zero-order chi connectivity index (χ0) is 24.5. The predicted molar refractivity (Wildman–Crippen MR) is 127 cm³/mol. The number of H-pyrrole nitrogens is 1. The Balaban J connectivity index is 1.46. The summed E-state index contributed by atoms with van der Waals surface area (Å²) in [6.07, 6.45) is 1.41. The van der Waals surface area contributed by atoms with Gasteiger partial charge >= 0.3 is 0 Å².